The van der Waals surface area contributed by atoms with Gasteiger partial charge in [-0.15, -0.1) is 11.3 Å². The molecule has 0 saturated carbocycles. The number of anilines is 1. The van der Waals surface area contributed by atoms with Crippen molar-refractivity contribution < 1.29 is 4.79 Å². The highest BCUT2D eigenvalue weighted by Crippen LogP contribution is 2.28. The van der Waals surface area contributed by atoms with E-state index in [1.54, 1.807) is 12.1 Å². The van der Waals surface area contributed by atoms with E-state index in [9.17, 15) is 4.79 Å². The van der Waals surface area contributed by atoms with Crippen LogP contribution in [0, 0.1) is 13.8 Å². The Morgan fingerprint density at radius 2 is 2.00 bits per heavy atom. The van der Waals surface area contributed by atoms with Crippen molar-refractivity contribution in [3.63, 3.8) is 0 Å². The second-order valence-corrected chi connectivity index (χ2v) is 7.09. The molecule has 0 radical (unpaired) electrons. The highest BCUT2D eigenvalue weighted by Gasteiger charge is 2.11. The zero-order valence-corrected chi connectivity index (χ0v) is 15.2. The van der Waals surface area contributed by atoms with Gasteiger partial charge in [0, 0.05) is 21.0 Å². The molecular weight excluding hydrogens is 372 g/mol. The molecular formula is C18H15BrN2OS. The quantitative estimate of drug-likeness (QED) is 0.650. The van der Waals surface area contributed by atoms with E-state index in [1.807, 2.05) is 17.5 Å². The van der Waals surface area contributed by atoms with Crippen molar-refractivity contribution in [3.8, 4) is 11.3 Å². The van der Waals surface area contributed by atoms with Gasteiger partial charge >= 0.3 is 0 Å². The van der Waals surface area contributed by atoms with Crippen molar-refractivity contribution >= 4 is 38.3 Å². The summed E-state index contributed by atoms with van der Waals surface area (Å²) in [5.41, 5.74) is 4.96. The van der Waals surface area contributed by atoms with E-state index in [4.69, 9.17) is 0 Å². The second kappa shape index (κ2) is 6.64. The van der Waals surface area contributed by atoms with Crippen LogP contribution in [0.4, 0.5) is 5.13 Å². The van der Waals surface area contributed by atoms with Crippen LogP contribution in [0.2, 0.25) is 0 Å². The van der Waals surface area contributed by atoms with Crippen LogP contribution in [-0.4, -0.2) is 10.9 Å². The Morgan fingerprint density at radius 1 is 1.17 bits per heavy atom. The Kier molecular flexibility index (Phi) is 4.59. The topological polar surface area (TPSA) is 42.0 Å². The summed E-state index contributed by atoms with van der Waals surface area (Å²) in [4.78, 5) is 16.8. The van der Waals surface area contributed by atoms with E-state index in [1.165, 1.54) is 22.5 Å². The van der Waals surface area contributed by atoms with Crippen molar-refractivity contribution in [2.24, 2.45) is 0 Å². The van der Waals surface area contributed by atoms with Gasteiger partial charge in [-0.2, -0.15) is 0 Å². The van der Waals surface area contributed by atoms with Crippen molar-refractivity contribution in [1.29, 1.82) is 0 Å². The van der Waals surface area contributed by atoms with Crippen LogP contribution in [0.3, 0.4) is 0 Å². The number of carbonyl (C=O) groups excluding carboxylic acids is 1. The molecule has 2 aromatic carbocycles. The molecule has 0 spiro atoms. The number of aromatic nitrogens is 1. The summed E-state index contributed by atoms with van der Waals surface area (Å²) in [7, 11) is 0. The number of benzene rings is 2. The number of halogens is 1. The Hall–Kier alpha value is -1.98. The molecule has 116 valence electrons. The molecule has 1 aromatic heterocycles. The first-order chi connectivity index (χ1) is 11.0. The molecule has 0 atom stereocenters. The average molecular weight is 387 g/mol. The maximum atomic E-state index is 12.3. The minimum atomic E-state index is -0.159. The van der Waals surface area contributed by atoms with Crippen LogP contribution in [-0.2, 0) is 0 Å². The number of nitrogens with one attached hydrogen (secondary N) is 1. The minimum Gasteiger partial charge on any atom is -0.298 e. The lowest BCUT2D eigenvalue weighted by molar-refractivity contribution is 0.102. The fourth-order valence-electron chi connectivity index (χ4n) is 2.27. The SMILES string of the molecule is Cc1ccc(C)c(-c2csc(NC(=O)c3cccc(Br)c3)n2)c1. The van der Waals surface area contributed by atoms with E-state index >= 15 is 0 Å². The average Bonchev–Trinajstić information content (AvgIpc) is 2.98. The van der Waals surface area contributed by atoms with Gasteiger partial charge in [0.2, 0.25) is 0 Å². The predicted octanol–water partition coefficient (Wildman–Crippen LogP) is 5.44. The number of amides is 1. The minimum absolute atomic E-state index is 0.159. The second-order valence-electron chi connectivity index (χ2n) is 5.32. The van der Waals surface area contributed by atoms with Crippen LogP contribution >= 0.6 is 27.3 Å². The number of nitrogens with zero attached hydrogens (tertiary/aromatic N) is 1. The highest BCUT2D eigenvalue weighted by atomic mass is 79.9. The standard InChI is InChI=1S/C18H15BrN2OS/c1-11-6-7-12(2)15(8-11)16-10-23-18(20-16)21-17(22)13-4-3-5-14(19)9-13/h3-10H,1-2H3,(H,20,21,22). The molecule has 0 unspecified atom stereocenters. The van der Waals surface area contributed by atoms with E-state index in [0.29, 0.717) is 10.7 Å². The maximum Gasteiger partial charge on any atom is 0.257 e. The summed E-state index contributed by atoms with van der Waals surface area (Å²) in [6, 6.07) is 13.6. The Morgan fingerprint density at radius 3 is 2.78 bits per heavy atom. The lowest BCUT2D eigenvalue weighted by atomic mass is 10.0. The van der Waals surface area contributed by atoms with Crippen LogP contribution in [0.5, 0.6) is 0 Å². The molecule has 3 aromatic rings. The zero-order chi connectivity index (χ0) is 16.4. The lowest BCUT2D eigenvalue weighted by Gasteiger charge is -2.04. The summed E-state index contributed by atoms with van der Waals surface area (Å²) >= 11 is 4.80. The first kappa shape index (κ1) is 15.9. The van der Waals surface area contributed by atoms with Crippen molar-refractivity contribution in [2.75, 3.05) is 5.32 Å². The fraction of sp³-hybridized carbons (Fsp3) is 0.111. The van der Waals surface area contributed by atoms with Gasteiger partial charge in [-0.3, -0.25) is 10.1 Å². The van der Waals surface area contributed by atoms with E-state index in [-0.39, 0.29) is 5.91 Å². The molecule has 3 rings (SSSR count). The van der Waals surface area contributed by atoms with Gasteiger partial charge in [0.15, 0.2) is 5.13 Å². The molecule has 0 aliphatic heterocycles. The number of hydrogen-bond acceptors (Lipinski definition) is 3. The molecule has 5 heteroatoms. The number of thiazole rings is 1. The number of hydrogen-bond donors (Lipinski definition) is 1. The molecule has 0 fully saturated rings. The van der Waals surface area contributed by atoms with Crippen LogP contribution in [0.1, 0.15) is 21.5 Å². The van der Waals surface area contributed by atoms with Crippen molar-refractivity contribution in [2.45, 2.75) is 13.8 Å². The molecule has 1 amide bonds. The first-order valence-electron chi connectivity index (χ1n) is 7.13. The summed E-state index contributed by atoms with van der Waals surface area (Å²) in [6.07, 6.45) is 0. The molecule has 0 bridgehead atoms. The first-order valence-corrected chi connectivity index (χ1v) is 8.80. The van der Waals surface area contributed by atoms with Gasteiger partial charge < -0.3 is 0 Å². The predicted molar refractivity (Wildman–Crippen MR) is 99.1 cm³/mol. The maximum absolute atomic E-state index is 12.3. The van der Waals surface area contributed by atoms with Crippen LogP contribution in [0.15, 0.2) is 52.3 Å². The summed E-state index contributed by atoms with van der Waals surface area (Å²) in [5.74, 6) is -0.159. The molecule has 23 heavy (non-hydrogen) atoms. The summed E-state index contributed by atoms with van der Waals surface area (Å²) in [6.45, 7) is 4.12. The molecule has 0 aliphatic rings. The van der Waals surface area contributed by atoms with Gasteiger partial charge in [0.25, 0.3) is 5.91 Å². The number of rotatable bonds is 3. The molecule has 1 heterocycles. The smallest absolute Gasteiger partial charge is 0.257 e. The van der Waals surface area contributed by atoms with Crippen molar-refractivity contribution in [3.05, 3.63) is 69.0 Å². The summed E-state index contributed by atoms with van der Waals surface area (Å²) in [5, 5.41) is 5.43. The van der Waals surface area contributed by atoms with Gasteiger partial charge in [-0.25, -0.2) is 4.98 Å². The van der Waals surface area contributed by atoms with Gasteiger partial charge in [-0.1, -0.05) is 39.7 Å². The number of aryl methyl sites for hydroxylation is 2. The number of carbonyl (C=O) groups is 1. The largest absolute Gasteiger partial charge is 0.298 e. The van der Waals surface area contributed by atoms with Crippen LogP contribution < -0.4 is 5.32 Å². The van der Waals surface area contributed by atoms with Crippen LogP contribution in [0.25, 0.3) is 11.3 Å². The normalized spacial score (nSPS) is 10.6. The van der Waals surface area contributed by atoms with E-state index in [2.05, 4.69) is 58.3 Å². The molecule has 0 saturated heterocycles. The molecule has 3 nitrogen and oxygen atoms in total. The molecule has 1 N–H and O–H groups in total. The third kappa shape index (κ3) is 3.68. The van der Waals surface area contributed by atoms with Crippen molar-refractivity contribution in [1.82, 2.24) is 4.98 Å². The highest BCUT2D eigenvalue weighted by molar-refractivity contribution is 9.10. The fourth-order valence-corrected chi connectivity index (χ4v) is 3.37. The Labute approximate surface area is 147 Å². The summed E-state index contributed by atoms with van der Waals surface area (Å²) < 4.78 is 0.875. The van der Waals surface area contributed by atoms with Gasteiger partial charge in [0.1, 0.15) is 0 Å². The van der Waals surface area contributed by atoms with E-state index in [0.717, 1.165) is 15.7 Å². The van der Waals surface area contributed by atoms with Gasteiger partial charge in [-0.05, 0) is 43.7 Å². The molecule has 0 aliphatic carbocycles. The third-order valence-electron chi connectivity index (χ3n) is 3.48. The zero-order valence-electron chi connectivity index (χ0n) is 12.8. The van der Waals surface area contributed by atoms with E-state index < -0.39 is 0 Å². The Bertz CT molecular complexity index is 873. The third-order valence-corrected chi connectivity index (χ3v) is 4.73. The van der Waals surface area contributed by atoms with Gasteiger partial charge in [0.05, 0.1) is 5.69 Å². The Balaban J connectivity index is 1.82. The monoisotopic (exact) mass is 386 g/mol. The lowest BCUT2D eigenvalue weighted by Crippen LogP contribution is -2.11.